The fourth-order valence-corrected chi connectivity index (χ4v) is 2.24. The number of hydrogen-bond acceptors (Lipinski definition) is 4. The lowest BCUT2D eigenvalue weighted by Gasteiger charge is -2.37. The van der Waals surface area contributed by atoms with Gasteiger partial charge in [0.2, 0.25) is 0 Å². The predicted molar refractivity (Wildman–Crippen MR) is 71.2 cm³/mol. The average Bonchev–Trinajstić information content (AvgIpc) is 2.19. The van der Waals surface area contributed by atoms with Gasteiger partial charge in [-0.25, -0.2) is 0 Å². The molecule has 0 unspecified atom stereocenters. The number of ether oxygens (including phenoxy) is 1. The summed E-state index contributed by atoms with van der Waals surface area (Å²) in [6.45, 7) is 12.0. The number of likely N-dealkylation sites (tertiary alicyclic amines) is 1. The smallest absolute Gasteiger partial charge is 0.311 e. The summed E-state index contributed by atoms with van der Waals surface area (Å²) in [6, 6.07) is 0. The fraction of sp³-hybridized carbons (Fsp3) is 0.929. The highest BCUT2D eigenvalue weighted by Gasteiger charge is 2.32. The summed E-state index contributed by atoms with van der Waals surface area (Å²) < 4.78 is 5.59. The molecule has 3 atom stereocenters. The summed E-state index contributed by atoms with van der Waals surface area (Å²) in [5, 5.41) is 9.38. The first kappa shape index (κ1) is 15.4. The number of hydrogen-bond donors (Lipinski definition) is 1. The van der Waals surface area contributed by atoms with E-state index < -0.39 is 5.41 Å². The first-order valence-corrected chi connectivity index (χ1v) is 6.81. The van der Waals surface area contributed by atoms with Crippen molar-refractivity contribution < 1.29 is 14.6 Å². The fourth-order valence-electron chi connectivity index (χ4n) is 2.24. The Hall–Kier alpha value is -0.610. The maximum atomic E-state index is 11.9. The highest BCUT2D eigenvalue weighted by Crippen LogP contribution is 2.24. The molecule has 106 valence electrons. The van der Waals surface area contributed by atoms with Gasteiger partial charge in [0.05, 0.1) is 11.5 Å². The van der Waals surface area contributed by atoms with Crippen LogP contribution in [0.25, 0.3) is 0 Å². The summed E-state index contributed by atoms with van der Waals surface area (Å²) in [6.07, 6.45) is 0.572. The average molecular weight is 257 g/mol. The van der Waals surface area contributed by atoms with Gasteiger partial charge in [0, 0.05) is 25.6 Å². The molecule has 1 saturated heterocycles. The van der Waals surface area contributed by atoms with Crippen molar-refractivity contribution in [3.8, 4) is 0 Å². The quantitative estimate of drug-likeness (QED) is 0.781. The van der Waals surface area contributed by atoms with E-state index in [4.69, 9.17) is 4.74 Å². The molecule has 0 aromatic heterocycles. The number of piperidine rings is 1. The first-order chi connectivity index (χ1) is 8.20. The molecule has 4 nitrogen and oxygen atoms in total. The SMILES string of the molecule is C[C@@H]1CN(C[C@@H](C)O)CC[C@H]1OC(=O)C(C)(C)C. The zero-order chi connectivity index (χ0) is 13.9. The van der Waals surface area contributed by atoms with Gasteiger partial charge in [-0.1, -0.05) is 6.92 Å². The lowest BCUT2D eigenvalue weighted by Crippen LogP contribution is -2.46. The van der Waals surface area contributed by atoms with Crippen LogP contribution in [-0.4, -0.2) is 47.8 Å². The molecule has 0 saturated carbocycles. The minimum absolute atomic E-state index is 0.0157. The van der Waals surface area contributed by atoms with Crippen LogP contribution in [0.3, 0.4) is 0 Å². The Labute approximate surface area is 110 Å². The van der Waals surface area contributed by atoms with Gasteiger partial charge in [-0.05, 0) is 34.1 Å². The molecule has 1 N–H and O–H groups in total. The Balaban J connectivity index is 2.45. The Bertz CT molecular complexity index is 283. The van der Waals surface area contributed by atoms with Crippen LogP contribution in [0.5, 0.6) is 0 Å². The summed E-state index contributed by atoms with van der Waals surface area (Å²) in [4.78, 5) is 14.1. The van der Waals surface area contributed by atoms with E-state index in [2.05, 4.69) is 11.8 Å². The van der Waals surface area contributed by atoms with Crippen molar-refractivity contribution >= 4 is 5.97 Å². The van der Waals surface area contributed by atoms with Crippen LogP contribution in [-0.2, 0) is 9.53 Å². The van der Waals surface area contributed by atoms with Crippen molar-refractivity contribution in [2.75, 3.05) is 19.6 Å². The van der Waals surface area contributed by atoms with E-state index in [0.29, 0.717) is 12.5 Å². The number of rotatable bonds is 3. The highest BCUT2D eigenvalue weighted by molar-refractivity contribution is 5.75. The third kappa shape index (κ3) is 4.58. The van der Waals surface area contributed by atoms with Gasteiger partial charge in [0.25, 0.3) is 0 Å². The third-order valence-corrected chi connectivity index (χ3v) is 3.30. The van der Waals surface area contributed by atoms with Crippen molar-refractivity contribution in [3.63, 3.8) is 0 Å². The van der Waals surface area contributed by atoms with Crippen molar-refractivity contribution in [3.05, 3.63) is 0 Å². The van der Waals surface area contributed by atoms with Crippen LogP contribution >= 0.6 is 0 Å². The first-order valence-electron chi connectivity index (χ1n) is 6.81. The molecular formula is C14H27NO3. The predicted octanol–water partition coefficient (Wildman–Crippen LogP) is 1.67. The number of aliphatic hydroxyl groups is 1. The van der Waals surface area contributed by atoms with Gasteiger partial charge in [0.15, 0.2) is 0 Å². The summed E-state index contributed by atoms with van der Waals surface area (Å²) >= 11 is 0. The van der Waals surface area contributed by atoms with Crippen LogP contribution in [0.4, 0.5) is 0 Å². The van der Waals surface area contributed by atoms with Gasteiger partial charge in [0.1, 0.15) is 6.10 Å². The largest absolute Gasteiger partial charge is 0.462 e. The Morgan fingerprint density at radius 2 is 2.11 bits per heavy atom. The second kappa shape index (κ2) is 6.02. The van der Waals surface area contributed by atoms with E-state index in [1.54, 1.807) is 6.92 Å². The zero-order valence-electron chi connectivity index (χ0n) is 12.3. The topological polar surface area (TPSA) is 49.8 Å². The van der Waals surface area contributed by atoms with Crippen molar-refractivity contribution in [1.82, 2.24) is 4.90 Å². The van der Waals surface area contributed by atoms with Crippen LogP contribution in [0, 0.1) is 11.3 Å². The molecule has 1 fully saturated rings. The second-order valence-electron chi connectivity index (χ2n) is 6.57. The summed E-state index contributed by atoms with van der Waals surface area (Å²) in [5.74, 6) is 0.201. The van der Waals surface area contributed by atoms with E-state index in [9.17, 15) is 9.90 Å². The number of nitrogens with zero attached hydrogens (tertiary/aromatic N) is 1. The molecule has 0 aromatic rings. The maximum Gasteiger partial charge on any atom is 0.311 e. The number of β-amino-alcohol motifs (C(OH)–C–C–N with tert-alkyl or cyclic N) is 1. The number of carbonyl (C=O) groups is 1. The van der Waals surface area contributed by atoms with E-state index in [0.717, 1.165) is 19.5 Å². The molecule has 1 rings (SSSR count). The highest BCUT2D eigenvalue weighted by atomic mass is 16.5. The molecule has 0 aromatic carbocycles. The van der Waals surface area contributed by atoms with E-state index in [1.165, 1.54) is 0 Å². The molecular weight excluding hydrogens is 230 g/mol. The Morgan fingerprint density at radius 3 is 2.56 bits per heavy atom. The van der Waals surface area contributed by atoms with Crippen molar-refractivity contribution in [2.45, 2.75) is 53.2 Å². The van der Waals surface area contributed by atoms with Crippen molar-refractivity contribution in [2.24, 2.45) is 11.3 Å². The number of carbonyl (C=O) groups excluding carboxylic acids is 1. The van der Waals surface area contributed by atoms with E-state index in [1.807, 2.05) is 20.8 Å². The Morgan fingerprint density at radius 1 is 1.50 bits per heavy atom. The standard InChI is InChI=1S/C14H27NO3/c1-10-8-15(9-11(2)16)7-6-12(10)18-13(17)14(3,4)5/h10-12,16H,6-9H2,1-5H3/t10-,11-,12-/m1/s1. The summed E-state index contributed by atoms with van der Waals surface area (Å²) in [7, 11) is 0. The molecule has 0 aliphatic carbocycles. The monoisotopic (exact) mass is 257 g/mol. The number of aliphatic hydroxyl groups excluding tert-OH is 1. The Kier molecular flexibility index (Phi) is 5.17. The van der Waals surface area contributed by atoms with Crippen LogP contribution in [0.1, 0.15) is 41.0 Å². The summed E-state index contributed by atoms with van der Waals surface area (Å²) in [5.41, 5.74) is -0.434. The van der Waals surface area contributed by atoms with Gasteiger partial charge < -0.3 is 14.7 Å². The van der Waals surface area contributed by atoms with E-state index >= 15 is 0 Å². The molecule has 4 heteroatoms. The zero-order valence-corrected chi connectivity index (χ0v) is 12.3. The van der Waals surface area contributed by atoms with Crippen LogP contribution in [0.15, 0.2) is 0 Å². The van der Waals surface area contributed by atoms with Gasteiger partial charge in [-0.15, -0.1) is 0 Å². The number of esters is 1. The molecule has 1 aliphatic rings. The molecule has 1 heterocycles. The van der Waals surface area contributed by atoms with Crippen LogP contribution in [0.2, 0.25) is 0 Å². The van der Waals surface area contributed by atoms with Gasteiger partial charge in [-0.3, -0.25) is 4.79 Å². The van der Waals surface area contributed by atoms with Crippen LogP contribution < -0.4 is 0 Å². The normalized spacial score (nSPS) is 27.9. The lowest BCUT2D eigenvalue weighted by atomic mass is 9.94. The molecule has 0 spiro atoms. The minimum atomic E-state index is -0.434. The maximum absolute atomic E-state index is 11.9. The van der Waals surface area contributed by atoms with E-state index in [-0.39, 0.29) is 18.2 Å². The molecule has 0 radical (unpaired) electrons. The van der Waals surface area contributed by atoms with Crippen molar-refractivity contribution in [1.29, 1.82) is 0 Å². The van der Waals surface area contributed by atoms with Gasteiger partial charge >= 0.3 is 5.97 Å². The lowest BCUT2D eigenvalue weighted by molar-refractivity contribution is -0.164. The second-order valence-corrected chi connectivity index (χ2v) is 6.57. The molecule has 0 amide bonds. The molecule has 1 aliphatic heterocycles. The minimum Gasteiger partial charge on any atom is -0.462 e. The molecule has 0 bridgehead atoms. The molecule has 18 heavy (non-hydrogen) atoms. The third-order valence-electron chi connectivity index (χ3n) is 3.30. The van der Waals surface area contributed by atoms with Gasteiger partial charge in [-0.2, -0.15) is 0 Å².